The molecule has 0 aromatic carbocycles. The van der Waals surface area contributed by atoms with Crippen LogP contribution in [-0.4, -0.2) is 34.7 Å². The lowest BCUT2D eigenvalue weighted by atomic mass is 9.86. The van der Waals surface area contributed by atoms with Crippen LogP contribution in [0.5, 0.6) is 0 Å². The van der Waals surface area contributed by atoms with Crippen molar-refractivity contribution in [3.05, 3.63) is 21.3 Å². The first-order chi connectivity index (χ1) is 8.17. The van der Waals surface area contributed by atoms with Gasteiger partial charge in [-0.2, -0.15) is 0 Å². The van der Waals surface area contributed by atoms with E-state index in [-0.39, 0.29) is 0 Å². The third-order valence-electron chi connectivity index (χ3n) is 4.18. The minimum atomic E-state index is -0.519. The summed E-state index contributed by atoms with van der Waals surface area (Å²) in [4.78, 5) is 3.68. The van der Waals surface area contributed by atoms with E-state index in [4.69, 9.17) is 11.6 Å². The van der Waals surface area contributed by atoms with Gasteiger partial charge in [-0.1, -0.05) is 18.0 Å². The maximum absolute atomic E-state index is 10.9. The highest BCUT2D eigenvalue weighted by molar-refractivity contribution is 7.16. The fourth-order valence-corrected chi connectivity index (χ4v) is 4.53. The van der Waals surface area contributed by atoms with Crippen LogP contribution >= 0.6 is 22.9 Å². The largest absolute Gasteiger partial charge is 0.388 e. The second kappa shape index (κ2) is 4.54. The second-order valence-electron chi connectivity index (χ2n) is 5.28. The summed E-state index contributed by atoms with van der Waals surface area (Å²) < 4.78 is 0.821. The molecule has 1 aromatic rings. The van der Waals surface area contributed by atoms with E-state index < -0.39 is 5.60 Å². The highest BCUT2D eigenvalue weighted by Crippen LogP contribution is 2.38. The quantitative estimate of drug-likeness (QED) is 0.894. The zero-order chi connectivity index (χ0) is 11.9. The van der Waals surface area contributed by atoms with Crippen LogP contribution in [0.25, 0.3) is 0 Å². The molecule has 17 heavy (non-hydrogen) atoms. The van der Waals surface area contributed by atoms with Gasteiger partial charge in [-0.25, -0.2) is 0 Å². The number of aliphatic hydroxyl groups is 1. The van der Waals surface area contributed by atoms with E-state index >= 15 is 0 Å². The maximum Gasteiger partial charge on any atom is 0.0931 e. The molecule has 2 aliphatic rings. The zero-order valence-corrected chi connectivity index (χ0v) is 11.4. The third-order valence-corrected chi connectivity index (χ3v) is 5.41. The van der Waals surface area contributed by atoms with Crippen molar-refractivity contribution >= 4 is 22.9 Å². The smallest absolute Gasteiger partial charge is 0.0931 e. The Morgan fingerprint density at radius 1 is 1.41 bits per heavy atom. The van der Waals surface area contributed by atoms with Crippen molar-refractivity contribution in [1.82, 2.24) is 4.90 Å². The molecular weight excluding hydrogens is 254 g/mol. The van der Waals surface area contributed by atoms with Crippen molar-refractivity contribution in [2.75, 3.05) is 13.1 Å². The molecule has 0 saturated carbocycles. The molecule has 2 fully saturated rings. The summed E-state index contributed by atoms with van der Waals surface area (Å²) >= 11 is 7.55. The lowest BCUT2D eigenvalue weighted by Crippen LogP contribution is -2.48. The lowest BCUT2D eigenvalue weighted by molar-refractivity contribution is -0.00826. The topological polar surface area (TPSA) is 23.5 Å². The van der Waals surface area contributed by atoms with Gasteiger partial charge in [-0.3, -0.25) is 4.90 Å². The lowest BCUT2D eigenvalue weighted by Gasteiger charge is -2.37. The maximum atomic E-state index is 10.9. The van der Waals surface area contributed by atoms with Crippen molar-refractivity contribution in [3.63, 3.8) is 0 Å². The van der Waals surface area contributed by atoms with Gasteiger partial charge in [0.15, 0.2) is 0 Å². The Morgan fingerprint density at radius 2 is 2.29 bits per heavy atom. The molecular formula is C13H18ClNOS. The van der Waals surface area contributed by atoms with Gasteiger partial charge in [0.25, 0.3) is 0 Å². The predicted octanol–water partition coefficient (Wildman–Crippen LogP) is 2.93. The van der Waals surface area contributed by atoms with Crippen LogP contribution in [0.1, 0.15) is 30.6 Å². The van der Waals surface area contributed by atoms with E-state index in [0.717, 1.165) is 36.7 Å². The van der Waals surface area contributed by atoms with Gasteiger partial charge in [0.2, 0.25) is 0 Å². The van der Waals surface area contributed by atoms with Gasteiger partial charge in [-0.15, -0.1) is 11.3 Å². The number of piperidine rings is 1. The van der Waals surface area contributed by atoms with E-state index in [1.807, 2.05) is 6.07 Å². The molecule has 4 heteroatoms. The Labute approximate surface area is 111 Å². The monoisotopic (exact) mass is 271 g/mol. The highest BCUT2D eigenvalue weighted by atomic mass is 35.5. The zero-order valence-electron chi connectivity index (χ0n) is 9.86. The summed E-state index contributed by atoms with van der Waals surface area (Å²) in [7, 11) is 0. The highest BCUT2D eigenvalue weighted by Gasteiger charge is 2.46. The van der Waals surface area contributed by atoms with Gasteiger partial charge < -0.3 is 5.11 Å². The molecule has 0 radical (unpaired) electrons. The second-order valence-corrected chi connectivity index (χ2v) is 7.08. The number of rotatable bonds is 2. The van der Waals surface area contributed by atoms with Crippen LogP contribution in [0.3, 0.4) is 0 Å². The van der Waals surface area contributed by atoms with E-state index in [1.54, 1.807) is 11.3 Å². The third kappa shape index (κ3) is 2.26. The van der Waals surface area contributed by atoms with Crippen molar-refractivity contribution in [3.8, 4) is 0 Å². The minimum Gasteiger partial charge on any atom is -0.388 e. The van der Waals surface area contributed by atoms with Crippen molar-refractivity contribution in [2.24, 2.45) is 0 Å². The van der Waals surface area contributed by atoms with Gasteiger partial charge in [-0.05, 0) is 37.9 Å². The van der Waals surface area contributed by atoms with E-state index in [0.29, 0.717) is 6.04 Å². The molecule has 0 aliphatic carbocycles. The molecule has 2 saturated heterocycles. The number of thiophene rings is 1. The molecule has 94 valence electrons. The SMILES string of the molecule is OC1(Cc2ccc(Cl)s2)CCN2CCCCC21. The van der Waals surface area contributed by atoms with Gasteiger partial charge in [0.05, 0.1) is 9.94 Å². The van der Waals surface area contributed by atoms with Gasteiger partial charge in [0, 0.05) is 23.9 Å². The Hall–Kier alpha value is -0.0900. The molecule has 0 amide bonds. The Balaban J connectivity index is 1.76. The molecule has 1 N–H and O–H groups in total. The van der Waals surface area contributed by atoms with Crippen LogP contribution in [0, 0.1) is 0 Å². The van der Waals surface area contributed by atoms with Gasteiger partial charge >= 0.3 is 0 Å². The number of fused-ring (bicyclic) bond motifs is 1. The Morgan fingerprint density at radius 3 is 3.06 bits per heavy atom. The summed E-state index contributed by atoms with van der Waals surface area (Å²) in [6, 6.07) is 4.35. The average Bonchev–Trinajstić information content (AvgIpc) is 2.86. The standard InChI is InChI=1S/C13H18ClNOS/c14-12-5-4-10(17-12)9-13(16)6-8-15-7-2-1-3-11(13)15/h4-5,11,16H,1-3,6-9H2. The summed E-state index contributed by atoms with van der Waals surface area (Å²) in [6.45, 7) is 2.22. The van der Waals surface area contributed by atoms with E-state index in [9.17, 15) is 5.11 Å². The molecule has 2 nitrogen and oxygen atoms in total. The molecule has 3 heterocycles. The summed E-state index contributed by atoms with van der Waals surface area (Å²) in [6.07, 6.45) is 5.38. The minimum absolute atomic E-state index is 0.372. The number of nitrogens with zero attached hydrogens (tertiary/aromatic N) is 1. The van der Waals surface area contributed by atoms with Crippen LogP contribution in [0.2, 0.25) is 4.34 Å². The first-order valence-electron chi connectivity index (χ1n) is 6.38. The van der Waals surface area contributed by atoms with E-state index in [2.05, 4.69) is 11.0 Å². The number of halogens is 1. The van der Waals surface area contributed by atoms with Crippen molar-refractivity contribution in [1.29, 1.82) is 0 Å². The van der Waals surface area contributed by atoms with Gasteiger partial charge in [0.1, 0.15) is 0 Å². The fraction of sp³-hybridized carbons (Fsp3) is 0.692. The van der Waals surface area contributed by atoms with Crippen LogP contribution in [0.15, 0.2) is 12.1 Å². The summed E-state index contributed by atoms with van der Waals surface area (Å²) in [5, 5.41) is 10.9. The summed E-state index contributed by atoms with van der Waals surface area (Å²) in [5.41, 5.74) is -0.519. The fourth-order valence-electron chi connectivity index (χ4n) is 3.33. The van der Waals surface area contributed by atoms with Crippen LogP contribution in [-0.2, 0) is 6.42 Å². The molecule has 0 bridgehead atoms. The molecule has 2 atom stereocenters. The Kier molecular flexibility index (Phi) is 3.20. The normalized spacial score (nSPS) is 33.9. The molecule has 0 spiro atoms. The van der Waals surface area contributed by atoms with Crippen LogP contribution in [0.4, 0.5) is 0 Å². The Bertz CT molecular complexity index is 408. The molecule has 1 aromatic heterocycles. The van der Waals surface area contributed by atoms with Crippen molar-refractivity contribution < 1.29 is 5.11 Å². The number of hydrogen-bond acceptors (Lipinski definition) is 3. The summed E-state index contributed by atoms with van der Waals surface area (Å²) in [5.74, 6) is 0. The number of hydrogen-bond donors (Lipinski definition) is 1. The van der Waals surface area contributed by atoms with E-state index in [1.165, 1.54) is 17.7 Å². The predicted molar refractivity (Wildman–Crippen MR) is 71.8 cm³/mol. The first kappa shape index (κ1) is 12.0. The van der Waals surface area contributed by atoms with Crippen molar-refractivity contribution in [2.45, 2.75) is 43.7 Å². The first-order valence-corrected chi connectivity index (χ1v) is 7.57. The van der Waals surface area contributed by atoms with Crippen LogP contribution < -0.4 is 0 Å². The molecule has 3 rings (SSSR count). The average molecular weight is 272 g/mol. The molecule has 2 aliphatic heterocycles. The molecule has 2 unspecified atom stereocenters.